The van der Waals surface area contributed by atoms with Gasteiger partial charge in [-0.2, -0.15) is 0 Å². The summed E-state index contributed by atoms with van der Waals surface area (Å²) in [6.07, 6.45) is 1.79. The van der Waals surface area contributed by atoms with Crippen molar-refractivity contribution in [2.75, 3.05) is 0 Å². The minimum absolute atomic E-state index is 0.0491. The summed E-state index contributed by atoms with van der Waals surface area (Å²) in [7, 11) is 0. The van der Waals surface area contributed by atoms with Crippen LogP contribution in [0.2, 0.25) is 0 Å². The van der Waals surface area contributed by atoms with Gasteiger partial charge in [0.2, 0.25) is 0 Å². The van der Waals surface area contributed by atoms with Crippen molar-refractivity contribution in [1.82, 2.24) is 5.32 Å². The number of carbonyl (C=O) groups is 1. The first-order valence-electron chi connectivity index (χ1n) is 7.64. The third-order valence-electron chi connectivity index (χ3n) is 4.32. The Balaban J connectivity index is 1.65. The highest BCUT2D eigenvalue weighted by Crippen LogP contribution is 2.30. The lowest BCUT2D eigenvalue weighted by atomic mass is 10.1. The average Bonchev–Trinajstić information content (AvgIpc) is 2.97. The molecule has 114 valence electrons. The van der Waals surface area contributed by atoms with E-state index in [2.05, 4.69) is 11.4 Å². The maximum Gasteiger partial charge on any atom is 0.349 e. The normalized spacial score (nSPS) is 16.3. The zero-order valence-corrected chi connectivity index (χ0v) is 12.4. The van der Waals surface area contributed by atoms with Gasteiger partial charge in [0, 0.05) is 5.39 Å². The van der Waals surface area contributed by atoms with E-state index in [-0.39, 0.29) is 17.5 Å². The summed E-state index contributed by atoms with van der Waals surface area (Å²) in [5, 5.41) is 3.70. The molecule has 4 rings (SSSR count). The lowest BCUT2D eigenvalue weighted by molar-refractivity contribution is 0.0933. The molecule has 3 aromatic rings. The largest absolute Gasteiger partial charge is 0.422 e. The van der Waals surface area contributed by atoms with E-state index in [9.17, 15) is 9.59 Å². The van der Waals surface area contributed by atoms with Gasteiger partial charge >= 0.3 is 5.63 Å². The van der Waals surface area contributed by atoms with Gasteiger partial charge in [0.05, 0.1) is 6.04 Å². The van der Waals surface area contributed by atoms with Crippen molar-refractivity contribution in [2.45, 2.75) is 18.9 Å². The van der Waals surface area contributed by atoms with Gasteiger partial charge in [-0.3, -0.25) is 4.79 Å². The first-order valence-corrected chi connectivity index (χ1v) is 7.64. The number of rotatable bonds is 2. The van der Waals surface area contributed by atoms with E-state index in [1.54, 1.807) is 18.2 Å². The topological polar surface area (TPSA) is 59.3 Å². The fourth-order valence-electron chi connectivity index (χ4n) is 3.16. The Hall–Kier alpha value is -2.88. The smallest absolute Gasteiger partial charge is 0.349 e. The van der Waals surface area contributed by atoms with E-state index in [0.29, 0.717) is 5.58 Å². The van der Waals surface area contributed by atoms with Crippen LogP contribution < -0.4 is 10.9 Å². The molecule has 0 aliphatic heterocycles. The second-order valence-corrected chi connectivity index (χ2v) is 5.75. The summed E-state index contributed by atoms with van der Waals surface area (Å²) in [5.41, 5.74) is 2.31. The van der Waals surface area contributed by atoms with Gasteiger partial charge < -0.3 is 9.73 Å². The van der Waals surface area contributed by atoms with Gasteiger partial charge in [0.15, 0.2) is 0 Å². The third kappa shape index (κ3) is 2.42. The van der Waals surface area contributed by atoms with Crippen molar-refractivity contribution < 1.29 is 9.21 Å². The number of hydrogen-bond acceptors (Lipinski definition) is 3. The van der Waals surface area contributed by atoms with Crippen LogP contribution in [-0.2, 0) is 6.42 Å². The van der Waals surface area contributed by atoms with Crippen LogP contribution in [0.4, 0.5) is 0 Å². The van der Waals surface area contributed by atoms with Crippen LogP contribution in [0.1, 0.15) is 33.9 Å². The Morgan fingerprint density at radius 3 is 2.78 bits per heavy atom. The second-order valence-electron chi connectivity index (χ2n) is 5.75. The van der Waals surface area contributed by atoms with Crippen LogP contribution >= 0.6 is 0 Å². The first-order chi connectivity index (χ1) is 11.2. The fraction of sp³-hybridized carbons (Fsp3) is 0.158. The van der Waals surface area contributed by atoms with Crippen LogP contribution in [0.5, 0.6) is 0 Å². The molecule has 0 bridgehead atoms. The molecule has 1 aliphatic carbocycles. The predicted octanol–water partition coefficient (Wildman–Crippen LogP) is 3.21. The van der Waals surface area contributed by atoms with E-state index in [1.807, 2.05) is 30.3 Å². The first kappa shape index (κ1) is 13.8. The predicted molar refractivity (Wildman–Crippen MR) is 87.5 cm³/mol. The quantitative estimate of drug-likeness (QED) is 0.740. The van der Waals surface area contributed by atoms with Crippen molar-refractivity contribution in [3.05, 3.63) is 81.7 Å². The molecule has 0 spiro atoms. The van der Waals surface area contributed by atoms with Gasteiger partial charge in [-0.15, -0.1) is 0 Å². The Bertz CT molecular complexity index is 958. The number of amides is 1. The SMILES string of the molecule is O=C(NC1CCc2ccccc21)c1cc2ccccc2oc1=O. The Kier molecular flexibility index (Phi) is 3.23. The molecule has 2 aromatic carbocycles. The van der Waals surface area contributed by atoms with Crippen molar-refractivity contribution in [3.63, 3.8) is 0 Å². The number of hydrogen-bond donors (Lipinski definition) is 1. The van der Waals surface area contributed by atoms with Crippen molar-refractivity contribution in [2.24, 2.45) is 0 Å². The molecule has 1 heterocycles. The van der Waals surface area contributed by atoms with E-state index in [4.69, 9.17) is 4.42 Å². The third-order valence-corrected chi connectivity index (χ3v) is 4.32. The van der Waals surface area contributed by atoms with Crippen LogP contribution in [0, 0.1) is 0 Å². The standard InChI is InChI=1S/C19H15NO3/c21-18(20-16-10-9-12-5-1-3-7-14(12)16)15-11-13-6-2-4-8-17(13)23-19(15)22/h1-8,11,16H,9-10H2,(H,20,21). The number of benzene rings is 2. The minimum Gasteiger partial charge on any atom is -0.422 e. The molecule has 1 unspecified atom stereocenters. The van der Waals surface area contributed by atoms with Crippen LogP contribution in [0.15, 0.2) is 63.8 Å². The van der Waals surface area contributed by atoms with Crippen LogP contribution in [0.25, 0.3) is 11.0 Å². The molecule has 0 saturated heterocycles. The molecule has 23 heavy (non-hydrogen) atoms. The zero-order valence-electron chi connectivity index (χ0n) is 12.4. The highest BCUT2D eigenvalue weighted by Gasteiger charge is 2.25. The summed E-state index contributed by atoms with van der Waals surface area (Å²) < 4.78 is 5.23. The zero-order chi connectivity index (χ0) is 15.8. The molecule has 1 N–H and O–H groups in total. The highest BCUT2D eigenvalue weighted by molar-refractivity contribution is 5.96. The summed E-state index contributed by atoms with van der Waals surface area (Å²) in [5.74, 6) is -0.383. The number of fused-ring (bicyclic) bond motifs is 2. The number of aryl methyl sites for hydroxylation is 1. The minimum atomic E-state index is -0.604. The maximum atomic E-state index is 12.5. The Morgan fingerprint density at radius 1 is 1.09 bits per heavy atom. The molecule has 0 fully saturated rings. The molecule has 4 heteroatoms. The van der Waals surface area contributed by atoms with E-state index in [0.717, 1.165) is 23.8 Å². The summed E-state index contributed by atoms with van der Waals surface area (Å²) in [6.45, 7) is 0. The fourth-order valence-corrected chi connectivity index (χ4v) is 3.16. The average molecular weight is 305 g/mol. The number of nitrogens with one attached hydrogen (secondary N) is 1. The molecule has 1 amide bonds. The summed E-state index contributed by atoms with van der Waals surface area (Å²) in [4.78, 5) is 24.6. The molecular weight excluding hydrogens is 290 g/mol. The van der Waals surface area contributed by atoms with Crippen LogP contribution in [0.3, 0.4) is 0 Å². The molecule has 0 saturated carbocycles. The van der Waals surface area contributed by atoms with Gasteiger partial charge in [0.25, 0.3) is 5.91 Å². The molecule has 4 nitrogen and oxygen atoms in total. The van der Waals surface area contributed by atoms with Gasteiger partial charge in [-0.25, -0.2) is 4.79 Å². The summed E-state index contributed by atoms with van der Waals surface area (Å²) >= 11 is 0. The van der Waals surface area contributed by atoms with Gasteiger partial charge in [0.1, 0.15) is 11.1 Å². The van der Waals surface area contributed by atoms with Crippen molar-refractivity contribution in [1.29, 1.82) is 0 Å². The van der Waals surface area contributed by atoms with Crippen molar-refractivity contribution in [3.8, 4) is 0 Å². The Morgan fingerprint density at radius 2 is 1.87 bits per heavy atom. The molecule has 1 aliphatic rings. The number of carbonyl (C=O) groups excluding carboxylic acids is 1. The lowest BCUT2D eigenvalue weighted by Crippen LogP contribution is -2.30. The molecule has 0 radical (unpaired) electrons. The van der Waals surface area contributed by atoms with Gasteiger partial charge in [-0.05, 0) is 36.1 Å². The molecule has 1 aromatic heterocycles. The summed E-state index contributed by atoms with van der Waals surface area (Å²) in [6, 6.07) is 16.8. The van der Waals surface area contributed by atoms with Crippen LogP contribution in [-0.4, -0.2) is 5.91 Å². The van der Waals surface area contributed by atoms with E-state index >= 15 is 0 Å². The number of para-hydroxylation sites is 1. The van der Waals surface area contributed by atoms with E-state index < -0.39 is 5.63 Å². The lowest BCUT2D eigenvalue weighted by Gasteiger charge is -2.13. The highest BCUT2D eigenvalue weighted by atomic mass is 16.4. The van der Waals surface area contributed by atoms with Crippen molar-refractivity contribution >= 4 is 16.9 Å². The van der Waals surface area contributed by atoms with Gasteiger partial charge in [-0.1, -0.05) is 42.5 Å². The maximum absolute atomic E-state index is 12.5. The molecule has 1 atom stereocenters. The molecular formula is C19H15NO3. The Labute approximate surface area is 132 Å². The second kappa shape index (κ2) is 5.39. The monoisotopic (exact) mass is 305 g/mol. The van der Waals surface area contributed by atoms with E-state index in [1.165, 1.54) is 5.56 Å².